The van der Waals surface area contributed by atoms with E-state index in [1.165, 1.54) is 16.4 Å². The van der Waals surface area contributed by atoms with E-state index in [0.717, 1.165) is 11.3 Å². The monoisotopic (exact) mass is 535 g/mol. The van der Waals surface area contributed by atoms with Crippen LogP contribution in [0.15, 0.2) is 53.4 Å². The number of aryl methyl sites for hydroxylation is 1. The summed E-state index contributed by atoms with van der Waals surface area (Å²) in [6.45, 7) is 6.43. The van der Waals surface area contributed by atoms with Crippen LogP contribution < -0.4 is 15.8 Å². The van der Waals surface area contributed by atoms with Gasteiger partial charge in [0.1, 0.15) is 12.5 Å². The summed E-state index contributed by atoms with van der Waals surface area (Å²) in [5.74, 6) is 0.835. The molecule has 0 aliphatic carbocycles. The smallest absolute Gasteiger partial charge is 0.243 e. The Morgan fingerprint density at radius 1 is 1.14 bits per heavy atom. The molecule has 37 heavy (non-hydrogen) atoms. The van der Waals surface area contributed by atoms with Crippen molar-refractivity contribution in [3.8, 4) is 5.75 Å². The number of carbonyl (C=O) groups is 2. The summed E-state index contributed by atoms with van der Waals surface area (Å²) < 4.78 is 33.2. The summed E-state index contributed by atoms with van der Waals surface area (Å²) in [6, 6.07) is 13.2. The topological polar surface area (TPSA) is 139 Å². The lowest BCUT2D eigenvalue weighted by atomic mass is 10.1. The van der Waals surface area contributed by atoms with Gasteiger partial charge in [-0.3, -0.25) is 4.79 Å². The van der Waals surface area contributed by atoms with E-state index in [0.29, 0.717) is 50.9 Å². The third-order valence-electron chi connectivity index (χ3n) is 5.71. The van der Waals surface area contributed by atoms with E-state index in [9.17, 15) is 18.3 Å². The maximum atomic E-state index is 13.3. The number of benzene rings is 2. The van der Waals surface area contributed by atoms with Gasteiger partial charge in [-0.05, 0) is 67.1 Å². The fraction of sp³-hybridized carbons (Fsp3) is 0.481. The first-order chi connectivity index (χ1) is 17.7. The highest BCUT2D eigenvalue weighted by Crippen LogP contribution is 2.23. The number of anilines is 1. The summed E-state index contributed by atoms with van der Waals surface area (Å²) in [4.78, 5) is 20.3. The van der Waals surface area contributed by atoms with Crippen LogP contribution in [0.2, 0.25) is 0 Å². The highest BCUT2D eigenvalue weighted by molar-refractivity contribution is 7.89. The number of ether oxygens (including phenoxy) is 1. The second kappa shape index (κ2) is 16.7. The van der Waals surface area contributed by atoms with Gasteiger partial charge >= 0.3 is 0 Å². The molecule has 10 heteroatoms. The first-order valence-electron chi connectivity index (χ1n) is 12.3. The van der Waals surface area contributed by atoms with Crippen molar-refractivity contribution in [3.63, 3.8) is 0 Å². The van der Waals surface area contributed by atoms with Crippen LogP contribution >= 0.6 is 0 Å². The SMILES string of the molecule is C=O.COc1cccc(CCC(=O)NCCCC[C@@H](CO)N(CC(C)C)S(=O)(=O)c2ccc(N)cc2)c1. The lowest BCUT2D eigenvalue weighted by molar-refractivity contribution is -0.121. The van der Waals surface area contributed by atoms with E-state index in [1.54, 1.807) is 19.2 Å². The minimum Gasteiger partial charge on any atom is -0.497 e. The molecule has 9 nitrogen and oxygen atoms in total. The Balaban J connectivity index is 0.00000334. The fourth-order valence-corrected chi connectivity index (χ4v) is 5.62. The number of methoxy groups -OCH3 is 1. The van der Waals surface area contributed by atoms with Crippen LogP contribution in [-0.2, 0) is 26.0 Å². The summed E-state index contributed by atoms with van der Waals surface area (Å²) in [7, 11) is -2.17. The van der Waals surface area contributed by atoms with Crippen molar-refractivity contribution < 1.29 is 27.9 Å². The molecule has 0 bridgehead atoms. The molecule has 0 aromatic heterocycles. The Kier molecular flexibility index (Phi) is 14.5. The molecule has 2 rings (SSSR count). The van der Waals surface area contributed by atoms with E-state index in [4.69, 9.17) is 15.3 Å². The maximum Gasteiger partial charge on any atom is 0.243 e. The van der Waals surface area contributed by atoms with Crippen molar-refractivity contribution in [2.24, 2.45) is 5.92 Å². The van der Waals surface area contributed by atoms with E-state index < -0.39 is 16.1 Å². The van der Waals surface area contributed by atoms with Gasteiger partial charge in [0.05, 0.1) is 18.6 Å². The third-order valence-corrected chi connectivity index (χ3v) is 7.64. The van der Waals surface area contributed by atoms with Crippen LogP contribution in [0.5, 0.6) is 5.75 Å². The molecule has 4 N–H and O–H groups in total. The molecule has 0 fully saturated rings. The number of amides is 1. The molecule has 0 radical (unpaired) electrons. The van der Waals surface area contributed by atoms with Crippen molar-refractivity contribution in [1.29, 1.82) is 0 Å². The van der Waals surface area contributed by atoms with Gasteiger partial charge in [0, 0.05) is 31.2 Å². The molecule has 0 saturated heterocycles. The van der Waals surface area contributed by atoms with Gasteiger partial charge in [-0.25, -0.2) is 8.42 Å². The number of aliphatic hydroxyl groups excluding tert-OH is 1. The third kappa shape index (κ3) is 10.9. The van der Waals surface area contributed by atoms with E-state index in [-0.39, 0.29) is 23.3 Å². The Morgan fingerprint density at radius 2 is 1.81 bits per heavy atom. The summed E-state index contributed by atoms with van der Waals surface area (Å²) in [5, 5.41) is 12.9. The van der Waals surface area contributed by atoms with Crippen LogP contribution in [0.3, 0.4) is 0 Å². The molecule has 0 aliphatic heterocycles. The minimum absolute atomic E-state index is 0.0288. The summed E-state index contributed by atoms with van der Waals surface area (Å²) >= 11 is 0. The van der Waals surface area contributed by atoms with Crippen molar-refractivity contribution >= 4 is 28.4 Å². The predicted molar refractivity (Wildman–Crippen MR) is 146 cm³/mol. The summed E-state index contributed by atoms with van der Waals surface area (Å²) in [5.41, 5.74) is 7.23. The molecule has 206 valence electrons. The van der Waals surface area contributed by atoms with E-state index in [1.807, 2.05) is 44.9 Å². The molecule has 1 atom stereocenters. The van der Waals surface area contributed by atoms with Crippen LogP contribution in [0.1, 0.15) is 45.1 Å². The Morgan fingerprint density at radius 3 is 2.41 bits per heavy atom. The van der Waals surface area contributed by atoms with Gasteiger partial charge < -0.3 is 25.7 Å². The van der Waals surface area contributed by atoms with E-state index in [2.05, 4.69) is 5.32 Å². The predicted octanol–water partition coefficient (Wildman–Crippen LogP) is 3.02. The molecule has 0 heterocycles. The molecular weight excluding hydrogens is 494 g/mol. The van der Waals surface area contributed by atoms with Gasteiger partial charge in [-0.1, -0.05) is 32.4 Å². The number of nitrogen functional groups attached to an aromatic ring is 1. The lowest BCUT2D eigenvalue weighted by Gasteiger charge is -2.31. The second-order valence-electron chi connectivity index (χ2n) is 9.07. The standard InChI is InChI=1S/C26H39N3O5S.CH2O/c1-20(2)18-29(35(32,33)25-13-11-22(27)12-14-25)23(19-30)8-4-5-16-28-26(31)15-10-21-7-6-9-24(17-21)34-3;1-2/h6-7,9,11-14,17,20,23,30H,4-5,8,10,15-16,18-19,27H2,1-3H3,(H,28,31);1H2/t23-;/m0./s1. The number of nitrogens with zero attached hydrogens (tertiary/aromatic N) is 1. The molecular formula is C27H41N3O6S. The first-order valence-corrected chi connectivity index (χ1v) is 13.8. The zero-order chi connectivity index (χ0) is 27.8. The number of carbonyl (C=O) groups excluding carboxylic acids is 2. The average molecular weight is 536 g/mol. The van der Waals surface area contributed by atoms with E-state index >= 15 is 0 Å². The van der Waals surface area contributed by atoms with Gasteiger partial charge in [-0.15, -0.1) is 0 Å². The van der Waals surface area contributed by atoms with Gasteiger partial charge in [-0.2, -0.15) is 4.31 Å². The van der Waals surface area contributed by atoms with Crippen molar-refractivity contribution in [1.82, 2.24) is 9.62 Å². The zero-order valence-electron chi connectivity index (χ0n) is 22.1. The fourth-order valence-electron chi connectivity index (χ4n) is 3.81. The van der Waals surface area contributed by atoms with Crippen molar-refractivity contribution in [2.75, 3.05) is 32.5 Å². The molecule has 0 spiro atoms. The van der Waals surface area contributed by atoms with Crippen LogP contribution in [-0.4, -0.2) is 63.4 Å². The van der Waals surface area contributed by atoms with Crippen LogP contribution in [0.4, 0.5) is 5.69 Å². The normalized spacial score (nSPS) is 12.1. The number of nitrogens with two attached hydrogens (primary N) is 1. The number of sulfonamides is 1. The number of aliphatic hydroxyl groups is 1. The number of unbranched alkanes of at least 4 members (excludes halogenated alkanes) is 1. The quantitative estimate of drug-likeness (QED) is 0.235. The highest BCUT2D eigenvalue weighted by Gasteiger charge is 2.31. The molecule has 0 unspecified atom stereocenters. The highest BCUT2D eigenvalue weighted by atomic mass is 32.2. The largest absolute Gasteiger partial charge is 0.497 e. The first kappa shape index (κ1) is 32.1. The van der Waals surface area contributed by atoms with Crippen molar-refractivity contribution in [3.05, 3.63) is 54.1 Å². The lowest BCUT2D eigenvalue weighted by Crippen LogP contribution is -2.44. The Labute approximate surface area is 221 Å². The maximum absolute atomic E-state index is 13.3. The van der Waals surface area contributed by atoms with Gasteiger partial charge in [0.15, 0.2) is 0 Å². The van der Waals surface area contributed by atoms with Crippen LogP contribution in [0.25, 0.3) is 0 Å². The van der Waals surface area contributed by atoms with Gasteiger partial charge in [0.25, 0.3) is 0 Å². The van der Waals surface area contributed by atoms with Crippen LogP contribution in [0, 0.1) is 5.92 Å². The second-order valence-corrected chi connectivity index (χ2v) is 11.0. The number of hydrogen-bond acceptors (Lipinski definition) is 7. The minimum atomic E-state index is -3.78. The zero-order valence-corrected chi connectivity index (χ0v) is 22.9. The molecule has 0 saturated carbocycles. The van der Waals surface area contributed by atoms with Crippen molar-refractivity contribution in [2.45, 2.75) is 56.9 Å². The number of hydrogen-bond donors (Lipinski definition) is 3. The molecule has 0 aliphatic rings. The van der Waals surface area contributed by atoms with Gasteiger partial charge in [0.2, 0.25) is 15.9 Å². The molecule has 1 amide bonds. The summed E-state index contributed by atoms with van der Waals surface area (Å²) in [6.07, 6.45) is 2.88. The number of nitrogens with one attached hydrogen (secondary N) is 1. The number of rotatable bonds is 15. The average Bonchev–Trinajstić information content (AvgIpc) is 2.90. The Hall–Kier alpha value is -2.95. The molecule has 2 aromatic carbocycles. The molecule has 2 aromatic rings. The Bertz CT molecular complexity index is 1040.